The molecule has 0 bridgehead atoms. The fraction of sp³-hybridized carbons (Fsp3) is 0.318. The molecule has 1 aliphatic heterocycles. The molecule has 2 heterocycles. The van der Waals surface area contributed by atoms with Gasteiger partial charge in [0.15, 0.2) is 17.1 Å². The minimum atomic E-state index is -1.83. The summed E-state index contributed by atoms with van der Waals surface area (Å²) in [4.78, 5) is 13.4. The predicted octanol–water partition coefficient (Wildman–Crippen LogP) is -0.236. The summed E-state index contributed by atoms with van der Waals surface area (Å²) in [6.07, 6.45) is -8.29. The third kappa shape index (κ3) is 3.87. The maximum absolute atomic E-state index is 13.4. The number of rotatable bonds is 5. The smallest absolute Gasteiger partial charge is 0.239 e. The van der Waals surface area contributed by atoms with Crippen molar-refractivity contribution in [2.75, 3.05) is 13.7 Å². The molecule has 7 N–H and O–H groups in total. The van der Waals surface area contributed by atoms with Crippen molar-refractivity contribution >= 4 is 11.0 Å². The van der Waals surface area contributed by atoms with Gasteiger partial charge in [0.05, 0.1) is 13.7 Å². The summed E-state index contributed by atoms with van der Waals surface area (Å²) in [5, 5.41) is 69.5. The lowest BCUT2D eigenvalue weighted by Gasteiger charge is -2.39. The van der Waals surface area contributed by atoms with Gasteiger partial charge in [-0.25, -0.2) is 0 Å². The number of methoxy groups -OCH3 is 1. The van der Waals surface area contributed by atoms with Crippen LogP contribution in [-0.2, 0) is 4.74 Å². The Morgan fingerprint density at radius 3 is 2.24 bits per heavy atom. The van der Waals surface area contributed by atoms with E-state index in [-0.39, 0.29) is 28.4 Å². The van der Waals surface area contributed by atoms with Gasteiger partial charge in [-0.1, -0.05) is 0 Å². The van der Waals surface area contributed by atoms with Crippen molar-refractivity contribution in [3.05, 3.63) is 40.6 Å². The number of aliphatic hydroxyl groups excluding tert-OH is 4. The van der Waals surface area contributed by atoms with Gasteiger partial charge < -0.3 is 54.4 Å². The van der Waals surface area contributed by atoms with E-state index >= 15 is 0 Å². The van der Waals surface area contributed by atoms with E-state index in [2.05, 4.69) is 0 Å². The first kappa shape index (κ1) is 23.6. The van der Waals surface area contributed by atoms with Crippen LogP contribution in [-0.4, -0.2) is 80.2 Å². The van der Waals surface area contributed by atoms with Crippen LogP contribution in [0.15, 0.2) is 39.5 Å². The van der Waals surface area contributed by atoms with E-state index in [0.717, 1.165) is 6.07 Å². The van der Waals surface area contributed by atoms with Crippen molar-refractivity contribution in [3.8, 4) is 40.1 Å². The molecule has 1 aliphatic rings. The summed E-state index contributed by atoms with van der Waals surface area (Å²) in [6, 6.07) is 6.24. The van der Waals surface area contributed by atoms with Crippen LogP contribution in [0.2, 0.25) is 0 Å². The maximum Gasteiger partial charge on any atom is 0.239 e. The first-order valence-corrected chi connectivity index (χ1v) is 10.0. The molecule has 4 rings (SSSR count). The standard InChI is InChI=1S/C22H22O12/c1-31-19-11(26)6-10(25)13-15(28)21(18(33-20(13)19)8-2-4-9(24)5-3-8)34-22-17(30)16(29)14(27)12(7-23)32-22/h2-6,12,14,16-17,22-27,29-30H,7H2,1H3/t12-,14+,16+,17-,22+/m1/s1. The normalized spacial score (nSPS) is 24.8. The van der Waals surface area contributed by atoms with Gasteiger partial charge in [0.25, 0.3) is 0 Å². The summed E-state index contributed by atoms with van der Waals surface area (Å²) in [5.41, 5.74) is -1.05. The fourth-order valence-corrected chi connectivity index (χ4v) is 3.68. The lowest BCUT2D eigenvalue weighted by molar-refractivity contribution is -0.277. The van der Waals surface area contributed by atoms with Crippen LogP contribution < -0.4 is 14.9 Å². The summed E-state index contributed by atoms with van der Waals surface area (Å²) in [7, 11) is 1.21. The SMILES string of the molecule is COc1c(O)cc(O)c2c(=O)c(O[C@@H]3O[C@H](CO)[C@H](O)[C@H](O)[C@H]3O)c(-c3ccc(O)cc3)oc12. The number of phenolic OH excluding ortho intramolecular Hbond substituents is 3. The number of aliphatic hydroxyl groups is 4. The van der Waals surface area contributed by atoms with Gasteiger partial charge in [-0.2, -0.15) is 0 Å². The number of ether oxygens (including phenoxy) is 3. The zero-order chi connectivity index (χ0) is 24.7. The topological polar surface area (TPSA) is 200 Å². The fourth-order valence-electron chi connectivity index (χ4n) is 3.68. The number of phenols is 3. The molecule has 5 atom stereocenters. The lowest BCUT2D eigenvalue weighted by atomic mass is 9.99. The second kappa shape index (κ2) is 9.00. The van der Waals surface area contributed by atoms with Gasteiger partial charge >= 0.3 is 0 Å². The van der Waals surface area contributed by atoms with Crippen molar-refractivity contribution in [1.29, 1.82) is 0 Å². The minimum Gasteiger partial charge on any atom is -0.508 e. The lowest BCUT2D eigenvalue weighted by Crippen LogP contribution is -2.60. The largest absolute Gasteiger partial charge is 0.508 e. The molecule has 34 heavy (non-hydrogen) atoms. The van der Waals surface area contributed by atoms with E-state index in [1.165, 1.54) is 31.4 Å². The van der Waals surface area contributed by atoms with E-state index < -0.39 is 65.4 Å². The number of hydrogen-bond acceptors (Lipinski definition) is 12. The molecule has 1 fully saturated rings. The Labute approximate surface area is 191 Å². The Bertz CT molecular complexity index is 1250. The predicted molar refractivity (Wildman–Crippen MR) is 114 cm³/mol. The van der Waals surface area contributed by atoms with Crippen LogP contribution in [0.25, 0.3) is 22.3 Å². The molecule has 1 aromatic heterocycles. The van der Waals surface area contributed by atoms with Crippen molar-refractivity contribution in [3.63, 3.8) is 0 Å². The molecule has 3 aromatic rings. The molecule has 0 amide bonds. The highest BCUT2D eigenvalue weighted by atomic mass is 16.7. The van der Waals surface area contributed by atoms with Crippen LogP contribution in [0.5, 0.6) is 28.7 Å². The first-order valence-electron chi connectivity index (χ1n) is 10.0. The van der Waals surface area contributed by atoms with E-state index in [4.69, 9.17) is 18.6 Å². The molecule has 12 heteroatoms. The second-order valence-corrected chi connectivity index (χ2v) is 7.60. The Hall–Kier alpha value is -3.55. The van der Waals surface area contributed by atoms with E-state index in [9.17, 15) is 40.5 Å². The average molecular weight is 478 g/mol. The highest BCUT2D eigenvalue weighted by Gasteiger charge is 2.45. The van der Waals surface area contributed by atoms with Crippen LogP contribution in [0.1, 0.15) is 0 Å². The molecule has 0 saturated carbocycles. The zero-order valence-electron chi connectivity index (χ0n) is 17.7. The molecule has 0 aliphatic carbocycles. The van der Waals surface area contributed by atoms with Gasteiger partial charge in [0.2, 0.25) is 23.2 Å². The van der Waals surface area contributed by atoms with Crippen LogP contribution >= 0.6 is 0 Å². The first-order chi connectivity index (χ1) is 16.2. The van der Waals surface area contributed by atoms with Crippen LogP contribution in [0.4, 0.5) is 0 Å². The van der Waals surface area contributed by atoms with E-state index in [1.54, 1.807) is 0 Å². The van der Waals surface area contributed by atoms with Gasteiger partial charge in [-0.3, -0.25) is 4.79 Å². The average Bonchev–Trinajstić information content (AvgIpc) is 2.81. The molecule has 12 nitrogen and oxygen atoms in total. The van der Waals surface area contributed by atoms with Gasteiger partial charge in [0, 0.05) is 11.6 Å². The molecule has 182 valence electrons. The Morgan fingerprint density at radius 1 is 0.941 bits per heavy atom. The van der Waals surface area contributed by atoms with E-state index in [0.29, 0.717) is 0 Å². The number of fused-ring (bicyclic) bond motifs is 1. The summed E-state index contributed by atoms with van der Waals surface area (Å²) >= 11 is 0. The highest BCUT2D eigenvalue weighted by molar-refractivity contribution is 5.93. The maximum atomic E-state index is 13.4. The molecule has 1 saturated heterocycles. The Kier molecular flexibility index (Phi) is 6.25. The van der Waals surface area contributed by atoms with Crippen LogP contribution in [0, 0.1) is 0 Å². The summed E-state index contributed by atoms with van der Waals surface area (Å²) in [5.74, 6) is -2.31. The molecular formula is C22H22O12. The number of aromatic hydroxyl groups is 3. The minimum absolute atomic E-state index is 0.0869. The molecule has 0 spiro atoms. The zero-order valence-corrected chi connectivity index (χ0v) is 17.7. The third-order valence-corrected chi connectivity index (χ3v) is 5.46. The Morgan fingerprint density at radius 2 is 1.62 bits per heavy atom. The van der Waals surface area contributed by atoms with Gasteiger partial charge in [-0.15, -0.1) is 0 Å². The molecule has 2 aromatic carbocycles. The molecule has 0 unspecified atom stereocenters. The molecule has 0 radical (unpaired) electrons. The van der Waals surface area contributed by atoms with Gasteiger partial charge in [0.1, 0.15) is 41.3 Å². The summed E-state index contributed by atoms with van der Waals surface area (Å²) in [6.45, 7) is -0.723. The quantitative estimate of drug-likeness (QED) is 0.254. The van der Waals surface area contributed by atoms with Crippen molar-refractivity contribution in [1.82, 2.24) is 0 Å². The summed E-state index contributed by atoms with van der Waals surface area (Å²) < 4.78 is 21.8. The number of hydrogen-bond donors (Lipinski definition) is 7. The highest BCUT2D eigenvalue weighted by Crippen LogP contribution is 2.43. The van der Waals surface area contributed by atoms with E-state index in [1.807, 2.05) is 0 Å². The number of benzene rings is 2. The van der Waals surface area contributed by atoms with Crippen molar-refractivity contribution < 1.29 is 54.4 Å². The van der Waals surface area contributed by atoms with Crippen molar-refractivity contribution in [2.24, 2.45) is 0 Å². The van der Waals surface area contributed by atoms with Crippen molar-refractivity contribution in [2.45, 2.75) is 30.7 Å². The third-order valence-electron chi connectivity index (χ3n) is 5.46. The Balaban J connectivity index is 1.94. The van der Waals surface area contributed by atoms with Gasteiger partial charge in [-0.05, 0) is 24.3 Å². The molecular weight excluding hydrogens is 456 g/mol. The van der Waals surface area contributed by atoms with Crippen LogP contribution in [0.3, 0.4) is 0 Å². The monoisotopic (exact) mass is 478 g/mol. The second-order valence-electron chi connectivity index (χ2n) is 7.60.